The van der Waals surface area contributed by atoms with E-state index in [-0.39, 0.29) is 5.97 Å². The van der Waals surface area contributed by atoms with E-state index >= 15 is 0 Å². The number of benzene rings is 2. The van der Waals surface area contributed by atoms with Crippen molar-refractivity contribution in [1.82, 2.24) is 4.57 Å². The first kappa shape index (κ1) is 20.6. The number of amides is 1. The number of fused-ring (bicyclic) bond motifs is 1. The molecule has 0 saturated heterocycles. The molecule has 3 aromatic rings. The monoisotopic (exact) mass is 414 g/mol. The summed E-state index contributed by atoms with van der Waals surface area (Å²) in [7, 11) is 3.04. The second-order valence-electron chi connectivity index (χ2n) is 6.02. The van der Waals surface area contributed by atoms with E-state index in [9.17, 15) is 9.59 Å². The Bertz CT molecular complexity index is 1130. The lowest BCUT2D eigenvalue weighted by molar-refractivity contribution is 0.0526. The minimum absolute atomic E-state index is 0.315. The van der Waals surface area contributed by atoms with Crippen molar-refractivity contribution in [2.75, 3.05) is 20.8 Å². The van der Waals surface area contributed by atoms with Gasteiger partial charge in [-0.25, -0.2) is 4.79 Å². The highest BCUT2D eigenvalue weighted by Gasteiger charge is 2.15. The number of rotatable bonds is 6. The van der Waals surface area contributed by atoms with Crippen LogP contribution in [0.5, 0.6) is 11.5 Å². The van der Waals surface area contributed by atoms with Crippen LogP contribution < -0.4 is 14.3 Å². The Kier molecular flexibility index (Phi) is 6.33. The highest BCUT2D eigenvalue weighted by Crippen LogP contribution is 2.25. The lowest BCUT2D eigenvalue weighted by Gasteiger charge is -2.07. The highest BCUT2D eigenvalue weighted by atomic mass is 32.1. The standard InChI is InChI=1S/C21H22N2O5S/c1-5-23-16-10-7-13(20(25)28-6-2)11-18(16)29-21(23)22-19(24)15-9-8-14(26-3)12-17(15)27-4/h7-12H,5-6H2,1-4H3. The third-order valence-corrected chi connectivity index (χ3v) is 5.39. The summed E-state index contributed by atoms with van der Waals surface area (Å²) >= 11 is 1.34. The van der Waals surface area contributed by atoms with Crippen LogP contribution in [0.4, 0.5) is 0 Å². The van der Waals surface area contributed by atoms with Gasteiger partial charge in [0.25, 0.3) is 5.91 Å². The summed E-state index contributed by atoms with van der Waals surface area (Å²) in [5.41, 5.74) is 1.72. The zero-order chi connectivity index (χ0) is 21.0. The number of thiazole rings is 1. The number of carbonyl (C=O) groups excluding carboxylic acids is 2. The third kappa shape index (κ3) is 4.17. The number of hydrogen-bond acceptors (Lipinski definition) is 6. The molecule has 7 nitrogen and oxygen atoms in total. The van der Waals surface area contributed by atoms with E-state index in [1.165, 1.54) is 18.4 Å². The molecule has 0 fully saturated rings. The first-order valence-electron chi connectivity index (χ1n) is 9.13. The molecule has 152 valence electrons. The molecule has 1 heterocycles. The number of ether oxygens (including phenoxy) is 3. The number of aryl methyl sites for hydroxylation is 1. The Morgan fingerprint density at radius 2 is 1.86 bits per heavy atom. The average Bonchev–Trinajstić information content (AvgIpc) is 3.09. The van der Waals surface area contributed by atoms with Crippen molar-refractivity contribution in [3.63, 3.8) is 0 Å². The minimum Gasteiger partial charge on any atom is -0.497 e. The van der Waals surface area contributed by atoms with Crippen LogP contribution in [0.15, 0.2) is 41.4 Å². The summed E-state index contributed by atoms with van der Waals surface area (Å²) in [6, 6.07) is 10.3. The van der Waals surface area contributed by atoms with Gasteiger partial charge in [0, 0.05) is 12.6 Å². The molecule has 3 rings (SSSR count). The van der Waals surface area contributed by atoms with Gasteiger partial charge in [-0.1, -0.05) is 11.3 Å². The van der Waals surface area contributed by atoms with Gasteiger partial charge in [-0.2, -0.15) is 4.99 Å². The van der Waals surface area contributed by atoms with Crippen LogP contribution in [0.1, 0.15) is 34.6 Å². The minimum atomic E-state index is -0.413. The molecule has 29 heavy (non-hydrogen) atoms. The van der Waals surface area contributed by atoms with Crippen molar-refractivity contribution in [3.8, 4) is 11.5 Å². The van der Waals surface area contributed by atoms with Crippen molar-refractivity contribution < 1.29 is 23.8 Å². The zero-order valence-electron chi connectivity index (χ0n) is 16.7. The summed E-state index contributed by atoms with van der Waals surface area (Å²) in [4.78, 5) is 29.7. The number of nitrogens with zero attached hydrogens (tertiary/aromatic N) is 2. The molecule has 1 amide bonds. The molecule has 8 heteroatoms. The maximum atomic E-state index is 12.8. The molecule has 0 aliphatic carbocycles. The Morgan fingerprint density at radius 1 is 1.07 bits per heavy atom. The van der Waals surface area contributed by atoms with Crippen LogP contribution in [0.2, 0.25) is 0 Å². The molecular formula is C21H22N2O5S. The van der Waals surface area contributed by atoms with Crippen molar-refractivity contribution in [2.24, 2.45) is 4.99 Å². The molecule has 0 unspecified atom stereocenters. The fraction of sp³-hybridized carbons (Fsp3) is 0.286. The predicted molar refractivity (Wildman–Crippen MR) is 111 cm³/mol. The summed E-state index contributed by atoms with van der Waals surface area (Å²) in [5, 5.41) is 0. The summed E-state index contributed by atoms with van der Waals surface area (Å²) < 4.78 is 18.3. The van der Waals surface area contributed by atoms with E-state index in [0.29, 0.717) is 40.6 Å². The topological polar surface area (TPSA) is 79.1 Å². The fourth-order valence-corrected chi connectivity index (χ4v) is 4.06. The van der Waals surface area contributed by atoms with Gasteiger partial charge in [-0.15, -0.1) is 0 Å². The van der Waals surface area contributed by atoms with E-state index < -0.39 is 5.91 Å². The molecule has 0 atom stereocenters. The van der Waals surface area contributed by atoms with Crippen LogP contribution >= 0.6 is 11.3 Å². The van der Waals surface area contributed by atoms with Crippen molar-refractivity contribution in [3.05, 3.63) is 52.3 Å². The van der Waals surface area contributed by atoms with Gasteiger partial charge in [0.05, 0.1) is 42.2 Å². The summed E-state index contributed by atoms with van der Waals surface area (Å²) in [5.74, 6) is 0.203. The predicted octanol–water partition coefficient (Wildman–Crippen LogP) is 3.66. The van der Waals surface area contributed by atoms with Crippen molar-refractivity contribution in [2.45, 2.75) is 20.4 Å². The second-order valence-corrected chi connectivity index (χ2v) is 7.02. The Morgan fingerprint density at radius 3 is 2.52 bits per heavy atom. The van der Waals surface area contributed by atoms with Crippen LogP contribution in [0.25, 0.3) is 10.2 Å². The first-order valence-corrected chi connectivity index (χ1v) is 9.95. The molecule has 0 aliphatic rings. The number of esters is 1. The van der Waals surface area contributed by atoms with Gasteiger partial charge in [0.2, 0.25) is 0 Å². The third-order valence-electron chi connectivity index (χ3n) is 4.35. The average molecular weight is 414 g/mol. The smallest absolute Gasteiger partial charge is 0.338 e. The fourth-order valence-electron chi connectivity index (χ4n) is 2.93. The van der Waals surface area contributed by atoms with Crippen LogP contribution in [-0.4, -0.2) is 37.3 Å². The second kappa shape index (κ2) is 8.91. The molecule has 0 aliphatic heterocycles. The first-order chi connectivity index (χ1) is 14.0. The van der Waals surface area contributed by atoms with Gasteiger partial charge in [-0.05, 0) is 44.2 Å². The van der Waals surface area contributed by atoms with Gasteiger partial charge in [0.1, 0.15) is 11.5 Å². The molecule has 2 aromatic carbocycles. The van der Waals surface area contributed by atoms with E-state index in [1.54, 1.807) is 44.4 Å². The molecule has 0 saturated carbocycles. The molecule has 0 radical (unpaired) electrons. The van der Waals surface area contributed by atoms with Gasteiger partial charge < -0.3 is 18.8 Å². The van der Waals surface area contributed by atoms with Crippen molar-refractivity contribution >= 4 is 33.4 Å². The summed E-state index contributed by atoms with van der Waals surface area (Å²) in [6.45, 7) is 4.69. The van der Waals surface area contributed by atoms with E-state index in [1.807, 2.05) is 17.6 Å². The van der Waals surface area contributed by atoms with Gasteiger partial charge >= 0.3 is 5.97 Å². The molecule has 0 bridgehead atoms. The molecule has 0 N–H and O–H groups in total. The Labute approximate surface area is 172 Å². The maximum absolute atomic E-state index is 12.8. The van der Waals surface area contributed by atoms with Crippen LogP contribution in [0, 0.1) is 0 Å². The Hall–Kier alpha value is -3.13. The SMILES string of the molecule is CCOC(=O)c1ccc2c(c1)sc(=NC(=O)c1ccc(OC)cc1OC)n2CC. The van der Waals surface area contributed by atoms with E-state index in [4.69, 9.17) is 14.2 Å². The lowest BCUT2D eigenvalue weighted by atomic mass is 10.2. The maximum Gasteiger partial charge on any atom is 0.338 e. The summed E-state index contributed by atoms with van der Waals surface area (Å²) in [6.07, 6.45) is 0. The quantitative estimate of drug-likeness (QED) is 0.575. The van der Waals surface area contributed by atoms with E-state index in [2.05, 4.69) is 4.99 Å². The van der Waals surface area contributed by atoms with Crippen LogP contribution in [0.3, 0.4) is 0 Å². The van der Waals surface area contributed by atoms with Gasteiger partial charge in [-0.3, -0.25) is 4.79 Å². The van der Waals surface area contributed by atoms with E-state index in [0.717, 1.165) is 10.2 Å². The zero-order valence-corrected chi connectivity index (χ0v) is 17.5. The molecule has 1 aromatic heterocycles. The lowest BCUT2D eigenvalue weighted by Crippen LogP contribution is -2.16. The highest BCUT2D eigenvalue weighted by molar-refractivity contribution is 7.16. The Balaban J connectivity index is 2.07. The molecular weight excluding hydrogens is 392 g/mol. The largest absolute Gasteiger partial charge is 0.497 e. The number of carbonyl (C=O) groups is 2. The van der Waals surface area contributed by atoms with Crippen LogP contribution in [-0.2, 0) is 11.3 Å². The molecule has 0 spiro atoms. The number of methoxy groups -OCH3 is 2. The van der Waals surface area contributed by atoms with Gasteiger partial charge in [0.15, 0.2) is 4.80 Å². The number of aromatic nitrogens is 1. The number of hydrogen-bond donors (Lipinski definition) is 0. The normalized spacial score (nSPS) is 11.5. The van der Waals surface area contributed by atoms with Crippen molar-refractivity contribution in [1.29, 1.82) is 0 Å².